The molecule has 2 aromatic rings. The minimum absolute atomic E-state index is 0.258. The zero-order valence-corrected chi connectivity index (χ0v) is 13.6. The molecule has 6 heteroatoms. The van der Waals surface area contributed by atoms with Crippen LogP contribution in [0, 0.1) is 6.92 Å². The van der Waals surface area contributed by atoms with Crippen molar-refractivity contribution in [3.8, 4) is 0 Å². The first-order valence-corrected chi connectivity index (χ1v) is 8.72. The highest BCUT2D eigenvalue weighted by molar-refractivity contribution is 7.87. The van der Waals surface area contributed by atoms with Gasteiger partial charge in [0.1, 0.15) is 0 Å². The minimum Gasteiger partial charge on any atom is -0.260 e. The van der Waals surface area contributed by atoms with Gasteiger partial charge in [-0.2, -0.15) is 17.9 Å². The Labute approximate surface area is 132 Å². The van der Waals surface area contributed by atoms with Gasteiger partial charge in [0.15, 0.2) is 0 Å². The molecule has 0 fully saturated rings. The summed E-state index contributed by atoms with van der Waals surface area (Å²) >= 11 is 0. The predicted molar refractivity (Wildman–Crippen MR) is 87.3 cm³/mol. The number of pyridine rings is 1. The number of aromatic nitrogens is 1. The first kappa shape index (κ1) is 16.6. The smallest absolute Gasteiger partial charge is 0.260 e. The number of nitrogens with one attached hydrogen (secondary N) is 2. The quantitative estimate of drug-likeness (QED) is 0.823. The zero-order chi connectivity index (χ0) is 16.0. The lowest BCUT2D eigenvalue weighted by Gasteiger charge is -2.17. The highest BCUT2D eigenvalue weighted by Gasteiger charge is 2.18. The standard InChI is InChI=1S/C16H21N3O2S/c1-3-15(16-11-13(2)9-10-17-16)19-22(20,21)18-12-14-7-5-4-6-8-14/h4-11,15,18-19H,3,12H2,1-2H3/t15-/m1/s1. The Morgan fingerprint density at radius 3 is 2.55 bits per heavy atom. The minimum atomic E-state index is -3.59. The molecule has 118 valence electrons. The molecule has 1 heterocycles. The van der Waals surface area contributed by atoms with Gasteiger partial charge in [0, 0.05) is 12.7 Å². The Morgan fingerprint density at radius 1 is 1.18 bits per heavy atom. The molecule has 0 bridgehead atoms. The molecule has 0 saturated carbocycles. The van der Waals surface area contributed by atoms with E-state index in [1.807, 2.05) is 56.3 Å². The Bertz CT molecular complexity index is 702. The molecule has 2 rings (SSSR count). The third-order valence-electron chi connectivity index (χ3n) is 3.31. The van der Waals surface area contributed by atoms with Gasteiger partial charge in [-0.3, -0.25) is 4.98 Å². The molecule has 0 unspecified atom stereocenters. The number of hydrogen-bond donors (Lipinski definition) is 2. The largest absolute Gasteiger partial charge is 0.277 e. The first-order chi connectivity index (χ1) is 10.5. The van der Waals surface area contributed by atoms with Gasteiger partial charge >= 0.3 is 0 Å². The van der Waals surface area contributed by atoms with Crippen molar-refractivity contribution in [2.75, 3.05) is 0 Å². The lowest BCUT2D eigenvalue weighted by atomic mass is 10.1. The molecule has 5 nitrogen and oxygen atoms in total. The fraction of sp³-hybridized carbons (Fsp3) is 0.312. The highest BCUT2D eigenvalue weighted by atomic mass is 32.2. The van der Waals surface area contributed by atoms with Crippen LogP contribution in [0.4, 0.5) is 0 Å². The zero-order valence-electron chi connectivity index (χ0n) is 12.8. The van der Waals surface area contributed by atoms with Gasteiger partial charge in [-0.05, 0) is 36.6 Å². The van der Waals surface area contributed by atoms with E-state index in [4.69, 9.17) is 0 Å². The molecule has 1 atom stereocenters. The van der Waals surface area contributed by atoms with Crippen LogP contribution in [0.3, 0.4) is 0 Å². The van der Waals surface area contributed by atoms with Gasteiger partial charge in [-0.25, -0.2) is 0 Å². The van der Waals surface area contributed by atoms with Crippen molar-refractivity contribution in [3.63, 3.8) is 0 Å². The number of rotatable bonds is 7. The lowest BCUT2D eigenvalue weighted by Crippen LogP contribution is -2.38. The van der Waals surface area contributed by atoms with E-state index in [1.165, 1.54) is 0 Å². The normalized spacial score (nSPS) is 13.0. The van der Waals surface area contributed by atoms with Crippen LogP contribution in [0.5, 0.6) is 0 Å². The van der Waals surface area contributed by atoms with Crippen LogP contribution >= 0.6 is 0 Å². The van der Waals surface area contributed by atoms with Crippen molar-refractivity contribution >= 4 is 10.2 Å². The second kappa shape index (κ2) is 7.49. The molecule has 0 spiro atoms. The van der Waals surface area contributed by atoms with Gasteiger partial charge in [-0.15, -0.1) is 0 Å². The summed E-state index contributed by atoms with van der Waals surface area (Å²) < 4.78 is 29.6. The second-order valence-corrected chi connectivity index (χ2v) is 6.68. The maximum Gasteiger partial charge on any atom is 0.277 e. The van der Waals surface area contributed by atoms with Crippen LogP contribution in [-0.2, 0) is 16.8 Å². The van der Waals surface area contributed by atoms with Crippen LogP contribution in [-0.4, -0.2) is 13.4 Å². The van der Waals surface area contributed by atoms with E-state index >= 15 is 0 Å². The molecule has 1 aromatic heterocycles. The maximum absolute atomic E-state index is 12.2. The Kier molecular flexibility index (Phi) is 5.65. The summed E-state index contributed by atoms with van der Waals surface area (Å²) in [6, 6.07) is 12.8. The third kappa shape index (κ3) is 4.91. The summed E-state index contributed by atoms with van der Waals surface area (Å²) in [4.78, 5) is 4.26. The van der Waals surface area contributed by atoms with Gasteiger partial charge in [0.05, 0.1) is 11.7 Å². The SMILES string of the molecule is CC[C@@H](NS(=O)(=O)NCc1ccccc1)c1cc(C)ccn1. The summed E-state index contributed by atoms with van der Waals surface area (Å²) in [5, 5.41) is 0. The van der Waals surface area contributed by atoms with Crippen molar-refractivity contribution in [1.29, 1.82) is 0 Å². The Balaban J connectivity index is 2.03. The highest BCUT2D eigenvalue weighted by Crippen LogP contribution is 2.16. The summed E-state index contributed by atoms with van der Waals surface area (Å²) in [5.74, 6) is 0. The lowest BCUT2D eigenvalue weighted by molar-refractivity contribution is 0.531. The fourth-order valence-electron chi connectivity index (χ4n) is 2.11. The van der Waals surface area contributed by atoms with Crippen LogP contribution < -0.4 is 9.44 Å². The van der Waals surface area contributed by atoms with Gasteiger partial charge in [0.25, 0.3) is 10.2 Å². The molecule has 0 aliphatic rings. The van der Waals surface area contributed by atoms with E-state index in [-0.39, 0.29) is 12.6 Å². The summed E-state index contributed by atoms with van der Waals surface area (Å²) in [5.41, 5.74) is 2.70. The molecule has 0 amide bonds. The van der Waals surface area contributed by atoms with Gasteiger partial charge in [0.2, 0.25) is 0 Å². The topological polar surface area (TPSA) is 71.1 Å². The van der Waals surface area contributed by atoms with E-state index in [0.717, 1.165) is 16.8 Å². The van der Waals surface area contributed by atoms with Crippen LogP contribution in [0.15, 0.2) is 48.7 Å². The second-order valence-electron chi connectivity index (χ2n) is 5.15. The van der Waals surface area contributed by atoms with Gasteiger partial charge < -0.3 is 0 Å². The Morgan fingerprint density at radius 2 is 1.91 bits per heavy atom. The Hall–Kier alpha value is -1.76. The summed E-state index contributed by atoms with van der Waals surface area (Å²) in [6.45, 7) is 4.14. The van der Waals surface area contributed by atoms with Crippen LogP contribution in [0.2, 0.25) is 0 Å². The average Bonchev–Trinajstić information content (AvgIpc) is 2.52. The predicted octanol–water partition coefficient (Wildman–Crippen LogP) is 2.47. The monoisotopic (exact) mass is 319 g/mol. The number of nitrogens with zero attached hydrogens (tertiary/aromatic N) is 1. The molecule has 0 radical (unpaired) electrons. The molecule has 22 heavy (non-hydrogen) atoms. The molecule has 1 aromatic carbocycles. The van der Waals surface area contributed by atoms with E-state index < -0.39 is 10.2 Å². The van der Waals surface area contributed by atoms with Crippen LogP contribution in [0.1, 0.15) is 36.2 Å². The number of benzene rings is 1. The molecular weight excluding hydrogens is 298 g/mol. The molecule has 0 aliphatic carbocycles. The number of hydrogen-bond acceptors (Lipinski definition) is 3. The third-order valence-corrected chi connectivity index (χ3v) is 4.43. The van der Waals surface area contributed by atoms with E-state index in [9.17, 15) is 8.42 Å². The van der Waals surface area contributed by atoms with E-state index in [0.29, 0.717) is 6.42 Å². The first-order valence-electron chi connectivity index (χ1n) is 7.23. The van der Waals surface area contributed by atoms with E-state index in [1.54, 1.807) is 6.20 Å². The van der Waals surface area contributed by atoms with Crippen molar-refractivity contribution in [3.05, 3.63) is 65.5 Å². The average molecular weight is 319 g/mol. The number of aryl methyl sites for hydroxylation is 1. The molecule has 2 N–H and O–H groups in total. The van der Waals surface area contributed by atoms with Crippen molar-refractivity contribution in [1.82, 2.24) is 14.4 Å². The van der Waals surface area contributed by atoms with Crippen LogP contribution in [0.25, 0.3) is 0 Å². The summed E-state index contributed by atoms with van der Waals surface area (Å²) in [6.07, 6.45) is 2.32. The molecular formula is C16H21N3O2S. The van der Waals surface area contributed by atoms with Gasteiger partial charge in [-0.1, -0.05) is 37.3 Å². The molecule has 0 aliphatic heterocycles. The fourth-order valence-corrected chi connectivity index (χ4v) is 3.21. The van der Waals surface area contributed by atoms with Crippen molar-refractivity contribution < 1.29 is 8.42 Å². The van der Waals surface area contributed by atoms with Crippen molar-refractivity contribution in [2.45, 2.75) is 32.9 Å². The summed E-state index contributed by atoms with van der Waals surface area (Å²) in [7, 11) is -3.59. The van der Waals surface area contributed by atoms with E-state index in [2.05, 4.69) is 14.4 Å². The maximum atomic E-state index is 12.2. The molecule has 0 saturated heterocycles. The van der Waals surface area contributed by atoms with Crippen molar-refractivity contribution in [2.24, 2.45) is 0 Å².